The molecule has 1 N–H and O–H groups in total. The van der Waals surface area contributed by atoms with Crippen molar-refractivity contribution in [3.05, 3.63) is 65.5 Å². The smallest absolute Gasteiger partial charge is 0.253 e. The highest BCUT2D eigenvalue weighted by atomic mass is 32.2. The predicted molar refractivity (Wildman–Crippen MR) is 108 cm³/mol. The third-order valence-corrected chi connectivity index (χ3v) is 6.17. The molecule has 0 unspecified atom stereocenters. The van der Waals surface area contributed by atoms with Gasteiger partial charge in [0.05, 0.1) is 11.4 Å². The van der Waals surface area contributed by atoms with Gasteiger partial charge in [-0.3, -0.25) is 9.69 Å². The van der Waals surface area contributed by atoms with E-state index in [0.717, 1.165) is 0 Å². The monoisotopic (exact) mass is 415 g/mol. The standard InChI is InChI=1S/C21H22FN3O3S/c1-2-10-23-29(27,28)19-8-5-7-17(15-19)21(26)25-13-11-24(12-14-25)16-18-6-3-4-9-20(18)22/h1,3-9,15,23H,10-14,16H2. The minimum absolute atomic E-state index is 0.00297. The Kier molecular flexibility index (Phi) is 6.64. The van der Waals surface area contributed by atoms with Gasteiger partial charge in [0.25, 0.3) is 5.91 Å². The van der Waals surface area contributed by atoms with Crippen LogP contribution in [0.25, 0.3) is 0 Å². The number of hydrogen-bond acceptors (Lipinski definition) is 4. The molecule has 1 aliphatic rings. The molecular formula is C21H22FN3O3S. The summed E-state index contributed by atoms with van der Waals surface area (Å²) in [4.78, 5) is 16.6. The Hall–Kier alpha value is -2.73. The Bertz CT molecular complexity index is 1030. The number of hydrogen-bond donors (Lipinski definition) is 1. The van der Waals surface area contributed by atoms with Crippen LogP contribution in [0.4, 0.5) is 4.39 Å². The van der Waals surface area contributed by atoms with E-state index in [1.165, 1.54) is 24.3 Å². The van der Waals surface area contributed by atoms with Crippen LogP contribution in [0.2, 0.25) is 0 Å². The molecule has 8 heteroatoms. The highest BCUT2D eigenvalue weighted by Gasteiger charge is 2.24. The molecule has 2 aromatic rings. The van der Waals surface area contributed by atoms with E-state index in [1.54, 1.807) is 29.2 Å². The lowest BCUT2D eigenvalue weighted by Crippen LogP contribution is -2.48. The summed E-state index contributed by atoms with van der Waals surface area (Å²) in [6, 6.07) is 12.6. The van der Waals surface area contributed by atoms with E-state index in [2.05, 4.69) is 15.5 Å². The highest BCUT2D eigenvalue weighted by Crippen LogP contribution is 2.16. The zero-order valence-electron chi connectivity index (χ0n) is 15.8. The van der Waals surface area contributed by atoms with Gasteiger partial charge in [-0.15, -0.1) is 6.42 Å². The van der Waals surface area contributed by atoms with E-state index in [0.29, 0.717) is 43.9 Å². The SMILES string of the molecule is C#CCNS(=O)(=O)c1cccc(C(=O)N2CCN(Cc3ccccc3F)CC2)c1. The average molecular weight is 415 g/mol. The summed E-state index contributed by atoms with van der Waals surface area (Å²) in [5.41, 5.74) is 0.931. The van der Waals surface area contributed by atoms with Gasteiger partial charge in [-0.05, 0) is 24.3 Å². The predicted octanol–water partition coefficient (Wildman–Crippen LogP) is 1.70. The first kappa shape index (κ1) is 21.0. The van der Waals surface area contributed by atoms with Gasteiger partial charge in [-0.25, -0.2) is 12.8 Å². The van der Waals surface area contributed by atoms with Gasteiger partial charge in [0.2, 0.25) is 10.0 Å². The molecule has 1 amide bonds. The van der Waals surface area contributed by atoms with E-state index in [-0.39, 0.29) is 23.2 Å². The van der Waals surface area contributed by atoms with Crippen molar-refractivity contribution in [1.82, 2.24) is 14.5 Å². The summed E-state index contributed by atoms with van der Waals surface area (Å²) in [5.74, 6) is 1.75. The number of rotatable bonds is 6. The largest absolute Gasteiger partial charge is 0.336 e. The van der Waals surface area contributed by atoms with Crippen LogP contribution in [-0.4, -0.2) is 56.8 Å². The zero-order chi connectivity index (χ0) is 20.9. The Morgan fingerprint density at radius 1 is 1.10 bits per heavy atom. The fourth-order valence-corrected chi connectivity index (χ4v) is 4.16. The molecule has 29 heavy (non-hydrogen) atoms. The maximum absolute atomic E-state index is 13.8. The van der Waals surface area contributed by atoms with Crippen LogP contribution in [0, 0.1) is 18.2 Å². The van der Waals surface area contributed by atoms with Gasteiger partial charge in [0.1, 0.15) is 5.82 Å². The minimum Gasteiger partial charge on any atom is -0.336 e. The lowest BCUT2D eigenvalue weighted by Gasteiger charge is -2.34. The van der Waals surface area contributed by atoms with Gasteiger partial charge in [-0.2, -0.15) is 4.72 Å². The van der Waals surface area contributed by atoms with Crippen LogP contribution >= 0.6 is 0 Å². The number of piperazine rings is 1. The molecule has 3 rings (SSSR count). The molecule has 0 bridgehead atoms. The summed E-state index contributed by atoms with van der Waals surface area (Å²) in [7, 11) is -3.76. The molecule has 0 spiro atoms. The number of amides is 1. The molecular weight excluding hydrogens is 393 g/mol. The Morgan fingerprint density at radius 3 is 2.52 bits per heavy atom. The molecule has 1 fully saturated rings. The lowest BCUT2D eigenvalue weighted by atomic mass is 10.1. The van der Waals surface area contributed by atoms with Crippen molar-refractivity contribution in [3.63, 3.8) is 0 Å². The molecule has 6 nitrogen and oxygen atoms in total. The van der Waals surface area contributed by atoms with E-state index in [1.807, 2.05) is 0 Å². The fourth-order valence-electron chi connectivity index (χ4n) is 3.18. The average Bonchev–Trinajstić information content (AvgIpc) is 2.74. The Balaban J connectivity index is 1.63. The molecule has 0 saturated carbocycles. The molecule has 0 aromatic heterocycles. The molecule has 0 aliphatic carbocycles. The number of halogens is 1. The molecule has 1 saturated heterocycles. The number of terminal acetylenes is 1. The summed E-state index contributed by atoms with van der Waals surface area (Å²) in [6.45, 7) is 2.57. The van der Waals surface area contributed by atoms with Crippen LogP contribution in [0.1, 0.15) is 15.9 Å². The van der Waals surface area contributed by atoms with Gasteiger partial charge < -0.3 is 4.90 Å². The quantitative estimate of drug-likeness (QED) is 0.729. The summed E-state index contributed by atoms with van der Waals surface area (Å²) >= 11 is 0. The number of nitrogens with zero attached hydrogens (tertiary/aromatic N) is 2. The van der Waals surface area contributed by atoms with Gasteiger partial charge >= 0.3 is 0 Å². The Labute approximate surface area is 170 Å². The van der Waals surface area contributed by atoms with Crippen molar-refractivity contribution in [1.29, 1.82) is 0 Å². The van der Waals surface area contributed by atoms with E-state index in [4.69, 9.17) is 6.42 Å². The topological polar surface area (TPSA) is 69.7 Å². The molecule has 1 heterocycles. The summed E-state index contributed by atoms with van der Waals surface area (Å²) in [6.07, 6.45) is 5.09. The maximum atomic E-state index is 13.8. The number of carbonyl (C=O) groups excluding carboxylic acids is 1. The first-order valence-electron chi connectivity index (χ1n) is 9.19. The molecule has 152 valence electrons. The zero-order valence-corrected chi connectivity index (χ0v) is 16.7. The van der Waals surface area contributed by atoms with Crippen molar-refractivity contribution < 1.29 is 17.6 Å². The lowest BCUT2D eigenvalue weighted by molar-refractivity contribution is 0.0627. The van der Waals surface area contributed by atoms with E-state index >= 15 is 0 Å². The van der Waals surface area contributed by atoms with Crippen LogP contribution in [0.5, 0.6) is 0 Å². The maximum Gasteiger partial charge on any atom is 0.253 e. The normalized spacial score (nSPS) is 15.1. The summed E-state index contributed by atoms with van der Waals surface area (Å²) in [5, 5.41) is 0. The van der Waals surface area contributed by atoms with Crippen LogP contribution in [0.3, 0.4) is 0 Å². The third kappa shape index (κ3) is 5.21. The van der Waals surface area contributed by atoms with Crippen LogP contribution < -0.4 is 4.72 Å². The van der Waals surface area contributed by atoms with Crippen LogP contribution in [-0.2, 0) is 16.6 Å². The third-order valence-electron chi connectivity index (χ3n) is 4.77. The molecule has 0 radical (unpaired) electrons. The van der Waals surface area contributed by atoms with E-state index in [9.17, 15) is 17.6 Å². The molecule has 2 aromatic carbocycles. The molecule has 1 aliphatic heterocycles. The van der Waals surface area contributed by atoms with Crippen LogP contribution in [0.15, 0.2) is 53.4 Å². The van der Waals surface area contributed by atoms with Crippen molar-refractivity contribution in [2.24, 2.45) is 0 Å². The highest BCUT2D eigenvalue weighted by molar-refractivity contribution is 7.89. The number of nitrogens with one attached hydrogen (secondary N) is 1. The molecule has 0 atom stereocenters. The van der Waals surface area contributed by atoms with Crippen molar-refractivity contribution in [2.75, 3.05) is 32.7 Å². The number of sulfonamides is 1. The summed E-state index contributed by atoms with van der Waals surface area (Å²) < 4.78 is 40.5. The van der Waals surface area contributed by atoms with Gasteiger partial charge in [0, 0.05) is 43.9 Å². The van der Waals surface area contributed by atoms with E-state index < -0.39 is 10.0 Å². The minimum atomic E-state index is -3.76. The fraction of sp³-hybridized carbons (Fsp3) is 0.286. The first-order valence-corrected chi connectivity index (χ1v) is 10.7. The second-order valence-corrected chi connectivity index (χ2v) is 8.48. The number of carbonyl (C=O) groups is 1. The first-order chi connectivity index (χ1) is 13.9. The van der Waals surface area contributed by atoms with Gasteiger partial charge in [-0.1, -0.05) is 30.2 Å². The second-order valence-electron chi connectivity index (χ2n) is 6.72. The van der Waals surface area contributed by atoms with Crippen molar-refractivity contribution in [3.8, 4) is 12.3 Å². The second kappa shape index (κ2) is 9.18. The van der Waals surface area contributed by atoms with Crippen molar-refractivity contribution in [2.45, 2.75) is 11.4 Å². The Morgan fingerprint density at radius 2 is 1.83 bits per heavy atom. The van der Waals surface area contributed by atoms with Gasteiger partial charge in [0.15, 0.2) is 0 Å². The van der Waals surface area contributed by atoms with Crippen molar-refractivity contribution >= 4 is 15.9 Å². The number of benzene rings is 2.